The monoisotopic (exact) mass is 364 g/mol. The summed E-state index contributed by atoms with van der Waals surface area (Å²) in [6.07, 6.45) is 4.10. The van der Waals surface area contributed by atoms with Gasteiger partial charge in [0, 0.05) is 11.8 Å². The molecule has 6 heteroatoms. The third-order valence-corrected chi connectivity index (χ3v) is 3.96. The van der Waals surface area contributed by atoms with Crippen LogP contribution in [0.15, 0.2) is 60.9 Å². The Bertz CT molecular complexity index is 919. The van der Waals surface area contributed by atoms with Crippen LogP contribution in [-0.4, -0.2) is 28.6 Å². The average molecular weight is 364 g/mol. The third kappa shape index (κ3) is 4.61. The van der Waals surface area contributed by atoms with E-state index in [9.17, 15) is 9.59 Å². The summed E-state index contributed by atoms with van der Waals surface area (Å²) in [6.45, 7) is 2.47. The van der Waals surface area contributed by atoms with E-state index >= 15 is 0 Å². The van der Waals surface area contributed by atoms with Crippen LogP contribution >= 0.6 is 0 Å². The summed E-state index contributed by atoms with van der Waals surface area (Å²) in [5.41, 5.74) is 2.89. The Balaban J connectivity index is 1.81. The number of hydrogen-bond donors (Lipinski definition) is 0. The van der Waals surface area contributed by atoms with Crippen LogP contribution in [-0.2, 0) is 22.7 Å². The fourth-order valence-corrected chi connectivity index (χ4v) is 2.71. The first kappa shape index (κ1) is 18.4. The molecule has 0 fully saturated rings. The van der Waals surface area contributed by atoms with Crippen molar-refractivity contribution in [2.75, 3.05) is 6.61 Å². The molecule has 0 atom stereocenters. The fourth-order valence-electron chi connectivity index (χ4n) is 2.71. The minimum absolute atomic E-state index is 0.0223. The van der Waals surface area contributed by atoms with Gasteiger partial charge in [0.05, 0.1) is 18.4 Å². The molecule has 0 aliphatic rings. The maximum Gasteiger partial charge on any atom is 0.327 e. The molecule has 0 saturated carbocycles. The van der Waals surface area contributed by atoms with E-state index in [1.807, 2.05) is 42.5 Å². The van der Waals surface area contributed by atoms with E-state index in [4.69, 9.17) is 9.47 Å². The van der Waals surface area contributed by atoms with Crippen LogP contribution in [0.25, 0.3) is 11.1 Å². The molecule has 0 radical (unpaired) electrons. The lowest BCUT2D eigenvalue weighted by atomic mass is 10.0. The van der Waals surface area contributed by atoms with Crippen molar-refractivity contribution in [3.05, 3.63) is 72.1 Å². The molecule has 0 aliphatic heterocycles. The lowest BCUT2D eigenvalue weighted by Crippen LogP contribution is -2.13. The van der Waals surface area contributed by atoms with Crippen molar-refractivity contribution in [1.82, 2.24) is 9.78 Å². The first-order valence-electron chi connectivity index (χ1n) is 8.64. The number of carbonyl (C=O) groups is 2. The second-order valence-corrected chi connectivity index (χ2v) is 5.84. The van der Waals surface area contributed by atoms with E-state index in [-0.39, 0.29) is 12.5 Å². The predicted molar refractivity (Wildman–Crippen MR) is 100 cm³/mol. The number of aldehydes is 1. The van der Waals surface area contributed by atoms with Crippen LogP contribution in [0, 0.1) is 0 Å². The van der Waals surface area contributed by atoms with Crippen LogP contribution in [0.2, 0.25) is 0 Å². The standard InChI is InChI=1S/C21H20N2O4/c1-2-26-21(25)13-23-12-17(11-22-23)18-9-6-10-20(19(18)14-24)27-15-16-7-4-3-5-8-16/h3-12,14H,2,13,15H2,1H3. The van der Waals surface area contributed by atoms with E-state index in [0.717, 1.165) is 17.4 Å². The van der Waals surface area contributed by atoms with Crippen LogP contribution in [0.1, 0.15) is 22.8 Å². The topological polar surface area (TPSA) is 70.4 Å². The Morgan fingerprint density at radius 3 is 2.70 bits per heavy atom. The average Bonchev–Trinajstić information content (AvgIpc) is 3.15. The molecular weight excluding hydrogens is 344 g/mol. The summed E-state index contributed by atoms with van der Waals surface area (Å²) in [6, 6.07) is 15.2. The van der Waals surface area contributed by atoms with Gasteiger partial charge in [-0.3, -0.25) is 14.3 Å². The van der Waals surface area contributed by atoms with Crippen molar-refractivity contribution >= 4 is 12.3 Å². The number of esters is 1. The molecule has 0 amide bonds. The summed E-state index contributed by atoms with van der Waals surface area (Å²) in [7, 11) is 0. The van der Waals surface area contributed by atoms with Gasteiger partial charge in [-0.2, -0.15) is 5.10 Å². The Morgan fingerprint density at radius 2 is 1.96 bits per heavy atom. The van der Waals surface area contributed by atoms with E-state index in [1.165, 1.54) is 4.68 Å². The normalized spacial score (nSPS) is 10.4. The van der Waals surface area contributed by atoms with Crippen LogP contribution in [0.3, 0.4) is 0 Å². The first-order valence-corrected chi connectivity index (χ1v) is 8.64. The van der Waals surface area contributed by atoms with Gasteiger partial charge >= 0.3 is 5.97 Å². The lowest BCUT2D eigenvalue weighted by molar-refractivity contribution is -0.144. The van der Waals surface area contributed by atoms with Gasteiger partial charge in [0.15, 0.2) is 6.29 Å². The third-order valence-electron chi connectivity index (χ3n) is 3.96. The summed E-state index contributed by atoms with van der Waals surface area (Å²) >= 11 is 0. The zero-order chi connectivity index (χ0) is 19.1. The Morgan fingerprint density at radius 1 is 1.15 bits per heavy atom. The summed E-state index contributed by atoms with van der Waals surface area (Å²) in [5, 5.41) is 4.17. The number of nitrogens with zero attached hydrogens (tertiary/aromatic N) is 2. The second kappa shape index (κ2) is 8.80. The Kier molecular flexibility index (Phi) is 5.99. The second-order valence-electron chi connectivity index (χ2n) is 5.84. The maximum absolute atomic E-state index is 11.7. The molecule has 3 rings (SSSR count). The minimum atomic E-state index is -0.359. The molecule has 138 valence electrons. The van der Waals surface area contributed by atoms with Gasteiger partial charge in [0.2, 0.25) is 0 Å². The van der Waals surface area contributed by atoms with Crippen molar-refractivity contribution in [2.45, 2.75) is 20.1 Å². The van der Waals surface area contributed by atoms with Crippen molar-refractivity contribution in [1.29, 1.82) is 0 Å². The number of aromatic nitrogens is 2. The molecule has 0 unspecified atom stereocenters. The molecule has 1 heterocycles. The molecule has 2 aromatic carbocycles. The van der Waals surface area contributed by atoms with Gasteiger partial charge in [-0.15, -0.1) is 0 Å². The van der Waals surface area contributed by atoms with Gasteiger partial charge in [0.25, 0.3) is 0 Å². The number of benzene rings is 2. The Labute approximate surface area is 157 Å². The zero-order valence-corrected chi connectivity index (χ0v) is 15.0. The van der Waals surface area contributed by atoms with Gasteiger partial charge in [-0.05, 0) is 24.1 Å². The highest BCUT2D eigenvalue weighted by Crippen LogP contribution is 2.29. The van der Waals surface area contributed by atoms with Crippen LogP contribution in [0.4, 0.5) is 0 Å². The number of ether oxygens (including phenoxy) is 2. The van der Waals surface area contributed by atoms with Gasteiger partial charge < -0.3 is 9.47 Å². The smallest absolute Gasteiger partial charge is 0.327 e. The number of carbonyl (C=O) groups excluding carboxylic acids is 2. The molecule has 0 spiro atoms. The lowest BCUT2D eigenvalue weighted by Gasteiger charge is -2.11. The van der Waals surface area contributed by atoms with Crippen molar-refractivity contribution in [3.63, 3.8) is 0 Å². The largest absolute Gasteiger partial charge is 0.488 e. The van der Waals surface area contributed by atoms with Crippen molar-refractivity contribution in [3.8, 4) is 16.9 Å². The summed E-state index contributed by atoms with van der Waals surface area (Å²) in [4.78, 5) is 23.3. The van der Waals surface area contributed by atoms with Crippen molar-refractivity contribution < 1.29 is 19.1 Å². The molecule has 3 aromatic rings. The van der Waals surface area contributed by atoms with E-state index in [2.05, 4.69) is 5.10 Å². The summed E-state index contributed by atoms with van der Waals surface area (Å²) in [5.74, 6) is 0.146. The number of hydrogen-bond acceptors (Lipinski definition) is 5. The van der Waals surface area contributed by atoms with Crippen molar-refractivity contribution in [2.24, 2.45) is 0 Å². The van der Waals surface area contributed by atoms with Gasteiger partial charge in [0.1, 0.15) is 18.9 Å². The molecule has 0 aliphatic carbocycles. The van der Waals surface area contributed by atoms with Crippen LogP contribution in [0.5, 0.6) is 5.75 Å². The first-order chi connectivity index (χ1) is 13.2. The number of rotatable bonds is 8. The van der Waals surface area contributed by atoms with Gasteiger partial charge in [-0.1, -0.05) is 42.5 Å². The van der Waals surface area contributed by atoms with Crippen LogP contribution < -0.4 is 4.74 Å². The minimum Gasteiger partial charge on any atom is -0.488 e. The molecular formula is C21H20N2O4. The molecule has 1 aromatic heterocycles. The fraction of sp³-hybridized carbons (Fsp3) is 0.190. The molecule has 0 N–H and O–H groups in total. The quantitative estimate of drug-likeness (QED) is 0.452. The molecule has 0 bridgehead atoms. The molecule has 27 heavy (non-hydrogen) atoms. The van der Waals surface area contributed by atoms with E-state index in [0.29, 0.717) is 30.1 Å². The maximum atomic E-state index is 11.7. The predicted octanol–water partition coefficient (Wildman–Crippen LogP) is 3.50. The highest BCUT2D eigenvalue weighted by molar-refractivity contribution is 5.90. The highest BCUT2D eigenvalue weighted by atomic mass is 16.5. The molecule has 0 saturated heterocycles. The van der Waals surface area contributed by atoms with E-state index < -0.39 is 0 Å². The highest BCUT2D eigenvalue weighted by Gasteiger charge is 2.13. The van der Waals surface area contributed by atoms with E-state index in [1.54, 1.807) is 25.4 Å². The summed E-state index contributed by atoms with van der Waals surface area (Å²) < 4.78 is 12.3. The Hall–Kier alpha value is -3.41. The zero-order valence-electron chi connectivity index (χ0n) is 15.0. The molecule has 6 nitrogen and oxygen atoms in total. The SMILES string of the molecule is CCOC(=O)Cn1cc(-c2cccc(OCc3ccccc3)c2C=O)cn1. The van der Waals surface area contributed by atoms with Gasteiger partial charge in [-0.25, -0.2) is 0 Å².